The number of amides is 1. The summed E-state index contributed by atoms with van der Waals surface area (Å²) >= 11 is 0. The highest BCUT2D eigenvalue weighted by Gasteiger charge is 2.41. The zero-order valence-corrected chi connectivity index (χ0v) is 12.8. The highest BCUT2D eigenvalue weighted by Crippen LogP contribution is 2.36. The Labute approximate surface area is 120 Å². The summed E-state index contributed by atoms with van der Waals surface area (Å²) in [5.74, 6) is -0.217. The fraction of sp³-hybridized carbons (Fsp3) is 0.733. The lowest BCUT2D eigenvalue weighted by molar-refractivity contribution is -0.126. The molecule has 5 heteroatoms. The van der Waals surface area contributed by atoms with Crippen LogP contribution in [-0.2, 0) is 4.79 Å². The number of carbonyl (C=O) groups excluding carboxylic acids is 1. The summed E-state index contributed by atoms with van der Waals surface area (Å²) in [6.45, 7) is 7.04. The lowest BCUT2D eigenvalue weighted by Crippen LogP contribution is -2.58. The molecule has 0 radical (unpaired) electrons. The van der Waals surface area contributed by atoms with Crippen molar-refractivity contribution >= 4 is 5.91 Å². The molecular formula is C15H26N4O. The Morgan fingerprint density at radius 3 is 2.90 bits per heavy atom. The minimum absolute atomic E-state index is 0.217. The van der Waals surface area contributed by atoms with Crippen LogP contribution in [-0.4, -0.2) is 27.5 Å². The third kappa shape index (κ3) is 2.73. The number of nitrogens with two attached hydrogens (primary N) is 1. The molecule has 5 nitrogen and oxygen atoms in total. The van der Waals surface area contributed by atoms with Gasteiger partial charge < -0.3 is 15.6 Å². The number of aryl methyl sites for hydroxylation is 1. The Morgan fingerprint density at radius 2 is 2.35 bits per heavy atom. The van der Waals surface area contributed by atoms with Crippen LogP contribution in [0.1, 0.15) is 56.5 Å². The molecule has 3 N–H and O–H groups in total. The number of imidazole rings is 1. The van der Waals surface area contributed by atoms with Crippen molar-refractivity contribution in [1.29, 1.82) is 0 Å². The van der Waals surface area contributed by atoms with Crippen LogP contribution < -0.4 is 11.1 Å². The van der Waals surface area contributed by atoms with E-state index in [1.54, 1.807) is 0 Å². The van der Waals surface area contributed by atoms with E-state index in [1.807, 2.05) is 13.3 Å². The predicted molar refractivity (Wildman–Crippen MR) is 79.4 cm³/mol. The molecule has 1 aromatic rings. The number of aromatic nitrogens is 2. The third-order valence-corrected chi connectivity index (χ3v) is 4.59. The fourth-order valence-electron chi connectivity index (χ4n) is 3.20. The van der Waals surface area contributed by atoms with Gasteiger partial charge in [-0.25, -0.2) is 4.98 Å². The van der Waals surface area contributed by atoms with Crippen molar-refractivity contribution in [1.82, 2.24) is 14.9 Å². The van der Waals surface area contributed by atoms with Crippen molar-refractivity contribution in [2.75, 3.05) is 6.54 Å². The molecule has 1 aliphatic rings. The van der Waals surface area contributed by atoms with Crippen molar-refractivity contribution < 1.29 is 4.79 Å². The molecule has 1 heterocycles. The van der Waals surface area contributed by atoms with Crippen LogP contribution in [0.3, 0.4) is 0 Å². The van der Waals surface area contributed by atoms with Crippen LogP contribution in [0.5, 0.6) is 0 Å². The van der Waals surface area contributed by atoms with Gasteiger partial charge in [-0.2, -0.15) is 0 Å². The van der Waals surface area contributed by atoms with E-state index in [4.69, 9.17) is 5.73 Å². The topological polar surface area (TPSA) is 72.9 Å². The average Bonchev–Trinajstić information content (AvgIpc) is 2.77. The van der Waals surface area contributed by atoms with Gasteiger partial charge in [0.2, 0.25) is 5.91 Å². The molecule has 1 fully saturated rings. The van der Waals surface area contributed by atoms with Crippen LogP contribution in [0.2, 0.25) is 0 Å². The predicted octanol–water partition coefficient (Wildman–Crippen LogP) is 1.84. The minimum Gasteiger partial charge on any atom is -0.368 e. The van der Waals surface area contributed by atoms with Gasteiger partial charge in [0, 0.05) is 11.7 Å². The van der Waals surface area contributed by atoms with Crippen molar-refractivity contribution in [2.45, 2.75) is 64.5 Å². The molecule has 1 amide bonds. The lowest BCUT2D eigenvalue weighted by Gasteiger charge is -2.40. The van der Waals surface area contributed by atoms with Crippen molar-refractivity contribution in [2.24, 2.45) is 5.73 Å². The van der Waals surface area contributed by atoms with Crippen LogP contribution in [0.4, 0.5) is 0 Å². The Morgan fingerprint density at radius 1 is 1.60 bits per heavy atom. The third-order valence-electron chi connectivity index (χ3n) is 4.59. The Hall–Kier alpha value is -1.36. The summed E-state index contributed by atoms with van der Waals surface area (Å²) in [7, 11) is 0. The smallest absolute Gasteiger partial charge is 0.237 e. The van der Waals surface area contributed by atoms with E-state index < -0.39 is 5.54 Å². The fourth-order valence-corrected chi connectivity index (χ4v) is 3.20. The highest BCUT2D eigenvalue weighted by molar-refractivity contribution is 5.84. The summed E-state index contributed by atoms with van der Waals surface area (Å²) in [5, 5.41) is 3.40. The zero-order chi connectivity index (χ0) is 14.8. The summed E-state index contributed by atoms with van der Waals surface area (Å²) in [6, 6.07) is 0.307. The summed E-state index contributed by atoms with van der Waals surface area (Å²) in [5.41, 5.74) is 7.39. The van der Waals surface area contributed by atoms with Gasteiger partial charge in [0.1, 0.15) is 0 Å². The van der Waals surface area contributed by atoms with Crippen LogP contribution in [0.15, 0.2) is 6.33 Å². The number of nitrogens with one attached hydrogen (secondary N) is 1. The standard InChI is InChI=1S/C15H26N4O/c1-4-8-18-15(14(16)20)7-5-6-13(9-15)19-10-17-11(2)12(19)3/h10,13,18H,4-9H2,1-3H3,(H2,16,20). The Bertz CT molecular complexity index is 482. The van der Waals surface area contributed by atoms with Gasteiger partial charge in [-0.05, 0) is 52.5 Å². The van der Waals surface area contributed by atoms with Crippen molar-refractivity contribution in [3.05, 3.63) is 17.7 Å². The molecule has 1 aromatic heterocycles. The number of rotatable bonds is 5. The van der Waals surface area contributed by atoms with E-state index >= 15 is 0 Å². The van der Waals surface area contributed by atoms with Gasteiger partial charge in [-0.1, -0.05) is 6.92 Å². The largest absolute Gasteiger partial charge is 0.368 e. The Kier molecular flexibility index (Phi) is 4.48. The number of hydrogen-bond acceptors (Lipinski definition) is 3. The van der Waals surface area contributed by atoms with Crippen LogP contribution in [0, 0.1) is 13.8 Å². The molecule has 0 aliphatic heterocycles. The van der Waals surface area contributed by atoms with E-state index in [-0.39, 0.29) is 5.91 Å². The van der Waals surface area contributed by atoms with Crippen molar-refractivity contribution in [3.8, 4) is 0 Å². The number of nitrogens with zero attached hydrogens (tertiary/aromatic N) is 2. The summed E-state index contributed by atoms with van der Waals surface area (Å²) < 4.78 is 2.21. The molecule has 0 saturated heterocycles. The Balaban J connectivity index is 2.21. The van der Waals surface area contributed by atoms with Crippen LogP contribution >= 0.6 is 0 Å². The van der Waals surface area contributed by atoms with Gasteiger partial charge in [-0.15, -0.1) is 0 Å². The number of hydrogen-bond donors (Lipinski definition) is 2. The maximum Gasteiger partial charge on any atom is 0.237 e. The molecule has 112 valence electrons. The minimum atomic E-state index is -0.552. The molecule has 2 atom stereocenters. The van der Waals surface area contributed by atoms with Crippen molar-refractivity contribution in [3.63, 3.8) is 0 Å². The van der Waals surface area contributed by atoms with E-state index in [1.165, 1.54) is 5.69 Å². The summed E-state index contributed by atoms with van der Waals surface area (Å²) in [4.78, 5) is 16.4. The second kappa shape index (κ2) is 5.95. The van der Waals surface area contributed by atoms with Gasteiger partial charge in [-0.3, -0.25) is 4.79 Å². The van der Waals surface area contributed by atoms with Gasteiger partial charge in [0.15, 0.2) is 0 Å². The van der Waals surface area contributed by atoms with Gasteiger partial charge in [0.05, 0.1) is 17.6 Å². The molecular weight excluding hydrogens is 252 g/mol. The average molecular weight is 278 g/mol. The van der Waals surface area contributed by atoms with E-state index in [0.717, 1.165) is 44.3 Å². The monoisotopic (exact) mass is 278 g/mol. The van der Waals surface area contributed by atoms with Gasteiger partial charge >= 0.3 is 0 Å². The summed E-state index contributed by atoms with van der Waals surface area (Å²) in [6.07, 6.45) is 6.60. The lowest BCUT2D eigenvalue weighted by atomic mass is 9.78. The molecule has 1 aliphatic carbocycles. The second-order valence-electron chi connectivity index (χ2n) is 5.95. The molecule has 0 aromatic carbocycles. The first-order valence-corrected chi connectivity index (χ1v) is 7.55. The van der Waals surface area contributed by atoms with Gasteiger partial charge in [0.25, 0.3) is 0 Å². The highest BCUT2D eigenvalue weighted by atomic mass is 16.1. The van der Waals surface area contributed by atoms with E-state index in [0.29, 0.717) is 6.04 Å². The molecule has 2 unspecified atom stereocenters. The first kappa shape index (κ1) is 15.0. The maximum absolute atomic E-state index is 12.0. The van der Waals surface area contributed by atoms with Crippen LogP contribution in [0.25, 0.3) is 0 Å². The maximum atomic E-state index is 12.0. The number of carbonyl (C=O) groups is 1. The molecule has 1 saturated carbocycles. The molecule has 20 heavy (non-hydrogen) atoms. The first-order chi connectivity index (χ1) is 9.50. The quantitative estimate of drug-likeness (QED) is 0.863. The normalized spacial score (nSPS) is 26.6. The molecule has 0 bridgehead atoms. The SMILES string of the molecule is CCCNC1(C(N)=O)CCCC(n2cnc(C)c2C)C1. The molecule has 0 spiro atoms. The molecule has 2 rings (SSSR count). The number of primary amides is 1. The second-order valence-corrected chi connectivity index (χ2v) is 5.95. The van der Waals surface area contributed by atoms with E-state index in [9.17, 15) is 4.79 Å². The zero-order valence-electron chi connectivity index (χ0n) is 12.8. The van der Waals surface area contributed by atoms with E-state index in [2.05, 4.69) is 28.7 Å². The first-order valence-electron chi connectivity index (χ1n) is 7.55.